The molecular formula is C16H19NO4. The van der Waals surface area contributed by atoms with Crippen LogP contribution in [-0.4, -0.2) is 38.7 Å². The van der Waals surface area contributed by atoms with E-state index in [2.05, 4.69) is 0 Å². The van der Waals surface area contributed by atoms with E-state index in [-0.39, 0.29) is 12.0 Å². The van der Waals surface area contributed by atoms with Crippen LogP contribution in [0.4, 0.5) is 5.69 Å². The Hall–Kier alpha value is -1.88. The number of amides is 1. The van der Waals surface area contributed by atoms with Crippen LogP contribution in [-0.2, 0) is 25.5 Å². The van der Waals surface area contributed by atoms with Crippen LogP contribution in [0.2, 0.25) is 0 Å². The fourth-order valence-electron chi connectivity index (χ4n) is 2.99. The average molecular weight is 289 g/mol. The largest absolute Gasteiger partial charge is 0.468 e. The predicted molar refractivity (Wildman–Crippen MR) is 77.0 cm³/mol. The van der Waals surface area contributed by atoms with Gasteiger partial charge in [0.2, 0.25) is 5.91 Å². The summed E-state index contributed by atoms with van der Waals surface area (Å²) < 4.78 is 10.3. The number of nitrogens with zero attached hydrogens (tertiary/aromatic N) is 1. The summed E-state index contributed by atoms with van der Waals surface area (Å²) in [6.07, 6.45) is 1.86. The Bertz CT molecular complexity index is 579. The molecule has 0 N–H and O–H groups in total. The zero-order valence-electron chi connectivity index (χ0n) is 12.3. The Morgan fingerprint density at radius 2 is 1.95 bits per heavy atom. The summed E-state index contributed by atoms with van der Waals surface area (Å²) in [4.78, 5) is 26.5. The number of fused-ring (bicyclic) bond motifs is 1. The average Bonchev–Trinajstić information content (AvgIpc) is 3.34. The molecule has 1 unspecified atom stereocenters. The van der Waals surface area contributed by atoms with E-state index in [9.17, 15) is 9.59 Å². The van der Waals surface area contributed by atoms with Crippen LogP contribution in [0.1, 0.15) is 18.4 Å². The van der Waals surface area contributed by atoms with E-state index in [0.717, 1.165) is 17.7 Å². The molecule has 0 aromatic heterocycles. The van der Waals surface area contributed by atoms with Gasteiger partial charge in [-0.1, -0.05) is 18.2 Å². The molecule has 1 heterocycles. The van der Waals surface area contributed by atoms with Crippen molar-refractivity contribution in [2.45, 2.75) is 25.4 Å². The van der Waals surface area contributed by atoms with Gasteiger partial charge in [0, 0.05) is 19.2 Å². The number of para-hydroxylation sites is 1. The zero-order chi connectivity index (χ0) is 15.0. The zero-order valence-corrected chi connectivity index (χ0v) is 12.3. The Balaban J connectivity index is 1.94. The van der Waals surface area contributed by atoms with Crippen molar-refractivity contribution >= 4 is 17.6 Å². The van der Waals surface area contributed by atoms with Gasteiger partial charge in [-0.25, -0.2) is 0 Å². The standard InChI is InChI=1S/C16H19NO4/c1-20-12-9-11-5-3-4-6-13(11)17(10-12)14(18)16(7-8-16)15(19)21-2/h3-6,12H,7-10H2,1-2H3. The quantitative estimate of drug-likeness (QED) is 0.626. The van der Waals surface area contributed by atoms with Crippen molar-refractivity contribution in [1.29, 1.82) is 0 Å². The minimum absolute atomic E-state index is 0.0442. The lowest BCUT2D eigenvalue weighted by molar-refractivity contribution is -0.151. The minimum atomic E-state index is -0.975. The van der Waals surface area contributed by atoms with E-state index >= 15 is 0 Å². The van der Waals surface area contributed by atoms with Crippen molar-refractivity contribution in [2.75, 3.05) is 25.7 Å². The SMILES string of the molecule is COC(=O)C1(C(=O)N2CC(OC)Cc3ccccc32)CC1. The first-order valence-electron chi connectivity index (χ1n) is 7.13. The number of anilines is 1. The van der Waals surface area contributed by atoms with Crippen molar-refractivity contribution < 1.29 is 19.1 Å². The summed E-state index contributed by atoms with van der Waals surface area (Å²) in [7, 11) is 2.98. The van der Waals surface area contributed by atoms with Crippen LogP contribution in [0.15, 0.2) is 24.3 Å². The van der Waals surface area contributed by atoms with E-state index in [4.69, 9.17) is 9.47 Å². The van der Waals surface area contributed by atoms with E-state index in [1.807, 2.05) is 24.3 Å². The number of hydrogen-bond donors (Lipinski definition) is 0. The first-order chi connectivity index (χ1) is 10.1. The maximum atomic E-state index is 12.9. The summed E-state index contributed by atoms with van der Waals surface area (Å²) in [5.41, 5.74) is 0.980. The molecule has 1 fully saturated rings. The molecule has 1 aromatic rings. The smallest absolute Gasteiger partial charge is 0.321 e. The van der Waals surface area contributed by atoms with E-state index < -0.39 is 11.4 Å². The molecule has 1 saturated carbocycles. The maximum absolute atomic E-state index is 12.9. The third kappa shape index (κ3) is 2.21. The second kappa shape index (κ2) is 5.15. The van der Waals surface area contributed by atoms with Crippen molar-refractivity contribution in [1.82, 2.24) is 0 Å². The molecule has 21 heavy (non-hydrogen) atoms. The highest BCUT2D eigenvalue weighted by molar-refractivity contribution is 6.12. The summed E-state index contributed by atoms with van der Waals surface area (Å²) >= 11 is 0. The fraction of sp³-hybridized carbons (Fsp3) is 0.500. The van der Waals surface area contributed by atoms with Gasteiger partial charge in [-0.05, 0) is 24.5 Å². The van der Waals surface area contributed by atoms with Gasteiger partial charge in [-0.15, -0.1) is 0 Å². The molecule has 1 aliphatic carbocycles. The second-order valence-electron chi connectivity index (χ2n) is 5.68. The molecule has 0 spiro atoms. The number of esters is 1. The molecule has 2 aliphatic rings. The lowest BCUT2D eigenvalue weighted by Gasteiger charge is -2.35. The highest BCUT2D eigenvalue weighted by Crippen LogP contribution is 2.49. The van der Waals surface area contributed by atoms with Crippen LogP contribution in [0, 0.1) is 5.41 Å². The molecule has 5 heteroatoms. The van der Waals surface area contributed by atoms with Crippen LogP contribution in [0.25, 0.3) is 0 Å². The van der Waals surface area contributed by atoms with Gasteiger partial charge < -0.3 is 14.4 Å². The summed E-state index contributed by atoms with van der Waals surface area (Å²) in [6.45, 7) is 0.477. The van der Waals surface area contributed by atoms with Gasteiger partial charge in [-0.2, -0.15) is 0 Å². The normalized spacial score (nSPS) is 22.4. The molecule has 112 valence electrons. The third-order valence-electron chi connectivity index (χ3n) is 4.43. The second-order valence-corrected chi connectivity index (χ2v) is 5.68. The lowest BCUT2D eigenvalue weighted by atomic mass is 9.96. The molecule has 1 amide bonds. The lowest BCUT2D eigenvalue weighted by Crippen LogP contribution is -2.48. The number of methoxy groups -OCH3 is 2. The van der Waals surface area contributed by atoms with Gasteiger partial charge in [0.15, 0.2) is 0 Å². The van der Waals surface area contributed by atoms with Gasteiger partial charge >= 0.3 is 5.97 Å². The van der Waals surface area contributed by atoms with Crippen LogP contribution in [0.3, 0.4) is 0 Å². The van der Waals surface area contributed by atoms with Crippen LogP contribution < -0.4 is 4.90 Å². The van der Waals surface area contributed by atoms with E-state index in [0.29, 0.717) is 19.4 Å². The highest BCUT2D eigenvalue weighted by Gasteiger charge is 2.60. The monoisotopic (exact) mass is 289 g/mol. The van der Waals surface area contributed by atoms with Gasteiger partial charge in [-0.3, -0.25) is 9.59 Å². The molecule has 0 radical (unpaired) electrons. The Kier molecular flexibility index (Phi) is 3.45. The first-order valence-corrected chi connectivity index (χ1v) is 7.13. The predicted octanol–water partition coefficient (Wildman–Crippen LogP) is 1.54. The third-order valence-corrected chi connectivity index (χ3v) is 4.43. The van der Waals surface area contributed by atoms with Crippen LogP contribution >= 0.6 is 0 Å². The van der Waals surface area contributed by atoms with Crippen LogP contribution in [0.5, 0.6) is 0 Å². The Morgan fingerprint density at radius 3 is 2.57 bits per heavy atom. The van der Waals surface area contributed by atoms with Gasteiger partial charge in [0.25, 0.3) is 0 Å². The number of carbonyl (C=O) groups is 2. The molecule has 0 bridgehead atoms. The molecule has 3 rings (SSSR count). The molecule has 0 saturated heterocycles. The number of ether oxygens (including phenoxy) is 2. The number of benzene rings is 1. The molecule has 1 aromatic carbocycles. The number of carbonyl (C=O) groups excluding carboxylic acids is 2. The van der Waals surface area contributed by atoms with Crippen molar-refractivity contribution in [3.05, 3.63) is 29.8 Å². The van der Waals surface area contributed by atoms with E-state index in [1.165, 1.54) is 7.11 Å². The summed E-state index contributed by atoms with van der Waals surface area (Å²) in [6, 6.07) is 7.78. The van der Waals surface area contributed by atoms with Crippen molar-refractivity contribution in [3.63, 3.8) is 0 Å². The molecule has 1 aliphatic heterocycles. The molecular weight excluding hydrogens is 270 g/mol. The highest BCUT2D eigenvalue weighted by atomic mass is 16.5. The topological polar surface area (TPSA) is 55.8 Å². The first kappa shape index (κ1) is 14.1. The number of hydrogen-bond acceptors (Lipinski definition) is 4. The van der Waals surface area contributed by atoms with Crippen molar-refractivity contribution in [3.8, 4) is 0 Å². The summed E-state index contributed by atoms with van der Waals surface area (Å²) in [5, 5.41) is 0. The Labute approximate surface area is 123 Å². The maximum Gasteiger partial charge on any atom is 0.321 e. The van der Waals surface area contributed by atoms with Gasteiger partial charge in [0.05, 0.1) is 19.8 Å². The van der Waals surface area contributed by atoms with Crippen molar-refractivity contribution in [2.24, 2.45) is 5.41 Å². The Morgan fingerprint density at radius 1 is 1.24 bits per heavy atom. The van der Waals surface area contributed by atoms with E-state index in [1.54, 1.807) is 12.0 Å². The molecule has 1 atom stereocenters. The number of rotatable bonds is 3. The van der Waals surface area contributed by atoms with Gasteiger partial charge in [0.1, 0.15) is 5.41 Å². The summed E-state index contributed by atoms with van der Waals surface area (Å²) in [5.74, 6) is -0.590. The minimum Gasteiger partial charge on any atom is -0.468 e. The fourth-order valence-corrected chi connectivity index (χ4v) is 2.99. The molecule has 5 nitrogen and oxygen atoms in total.